The van der Waals surface area contributed by atoms with Gasteiger partial charge in [0.05, 0.1) is 26.2 Å². The number of hydrogen-bond donors (Lipinski definition) is 1. The second-order valence-electron chi connectivity index (χ2n) is 8.30. The molecule has 2 fully saturated rings. The number of likely N-dealkylation sites (tertiary alicyclic amines) is 1. The number of carbonyl (C=O) groups excluding carboxylic acids is 1. The van der Waals surface area contributed by atoms with Crippen molar-refractivity contribution in [2.75, 3.05) is 53.1 Å². The number of aliphatic imine (C=N–C) groups is 1. The van der Waals surface area contributed by atoms with Gasteiger partial charge in [-0.25, -0.2) is 0 Å². The number of halogens is 1. The Balaban J connectivity index is 0.00000363. The van der Waals surface area contributed by atoms with Gasteiger partial charge in [-0.15, -0.1) is 24.0 Å². The molecular formula is C24H38IN3O4. The van der Waals surface area contributed by atoms with Crippen LogP contribution in [0.3, 0.4) is 0 Å². The fourth-order valence-corrected chi connectivity index (χ4v) is 4.48. The molecule has 2 aliphatic heterocycles. The molecule has 8 heteroatoms. The number of nitrogens with zero attached hydrogens (tertiary/aromatic N) is 2. The van der Waals surface area contributed by atoms with Crippen molar-refractivity contribution in [2.24, 2.45) is 10.9 Å². The molecule has 2 aliphatic rings. The van der Waals surface area contributed by atoms with E-state index in [1.807, 2.05) is 19.1 Å². The average Bonchev–Trinajstić information content (AvgIpc) is 2.82. The number of nitrogens with one attached hydrogen (secondary N) is 1. The van der Waals surface area contributed by atoms with Crippen molar-refractivity contribution in [3.05, 3.63) is 29.8 Å². The summed E-state index contributed by atoms with van der Waals surface area (Å²) < 4.78 is 16.2. The van der Waals surface area contributed by atoms with Crippen molar-refractivity contribution in [3.63, 3.8) is 0 Å². The van der Waals surface area contributed by atoms with E-state index in [-0.39, 0.29) is 41.3 Å². The normalized spacial score (nSPS) is 19.1. The van der Waals surface area contributed by atoms with Gasteiger partial charge < -0.3 is 24.4 Å². The van der Waals surface area contributed by atoms with Gasteiger partial charge in [-0.3, -0.25) is 9.79 Å². The average molecular weight is 559 g/mol. The molecule has 2 saturated heterocycles. The Labute approximate surface area is 209 Å². The van der Waals surface area contributed by atoms with Gasteiger partial charge in [-0.05, 0) is 57.2 Å². The van der Waals surface area contributed by atoms with Gasteiger partial charge in [0.15, 0.2) is 5.96 Å². The molecule has 0 spiro atoms. The molecule has 0 atom stereocenters. The van der Waals surface area contributed by atoms with E-state index in [4.69, 9.17) is 19.2 Å². The summed E-state index contributed by atoms with van der Waals surface area (Å²) in [7, 11) is 1.69. The van der Waals surface area contributed by atoms with E-state index in [1.165, 1.54) is 5.56 Å². The van der Waals surface area contributed by atoms with Gasteiger partial charge in [0.2, 0.25) is 0 Å². The summed E-state index contributed by atoms with van der Waals surface area (Å²) in [4.78, 5) is 19.4. The first kappa shape index (κ1) is 26.7. The number of methoxy groups -OCH3 is 1. The first-order valence-corrected chi connectivity index (χ1v) is 11.5. The van der Waals surface area contributed by atoms with E-state index in [0.717, 1.165) is 70.2 Å². The maximum absolute atomic E-state index is 12.1. The van der Waals surface area contributed by atoms with Crippen LogP contribution >= 0.6 is 24.0 Å². The lowest BCUT2D eigenvalue weighted by Gasteiger charge is -2.38. The zero-order valence-corrected chi connectivity index (χ0v) is 21.9. The Morgan fingerprint density at radius 2 is 1.84 bits per heavy atom. The van der Waals surface area contributed by atoms with Crippen LogP contribution in [0, 0.1) is 5.92 Å². The molecule has 1 aromatic rings. The fourth-order valence-electron chi connectivity index (χ4n) is 4.48. The molecular weight excluding hydrogens is 521 g/mol. The third-order valence-electron chi connectivity index (χ3n) is 6.43. The Morgan fingerprint density at radius 1 is 1.19 bits per heavy atom. The van der Waals surface area contributed by atoms with Crippen molar-refractivity contribution < 1.29 is 19.0 Å². The highest BCUT2D eigenvalue weighted by atomic mass is 127. The number of rotatable bonds is 7. The van der Waals surface area contributed by atoms with Gasteiger partial charge in [-0.2, -0.15) is 0 Å². The smallest absolute Gasteiger partial charge is 0.309 e. The zero-order chi connectivity index (χ0) is 22.1. The van der Waals surface area contributed by atoms with Crippen LogP contribution < -0.4 is 10.1 Å². The first-order valence-electron chi connectivity index (χ1n) is 11.5. The van der Waals surface area contributed by atoms with E-state index in [0.29, 0.717) is 13.2 Å². The fraction of sp³-hybridized carbons (Fsp3) is 0.667. The van der Waals surface area contributed by atoms with Gasteiger partial charge in [-0.1, -0.05) is 12.1 Å². The van der Waals surface area contributed by atoms with Crippen LogP contribution in [0.25, 0.3) is 0 Å². The lowest BCUT2D eigenvalue weighted by molar-refractivity contribution is -0.149. The van der Waals surface area contributed by atoms with E-state index in [2.05, 4.69) is 29.3 Å². The molecule has 2 heterocycles. The van der Waals surface area contributed by atoms with Crippen LogP contribution in [0.1, 0.15) is 45.1 Å². The van der Waals surface area contributed by atoms with Crippen LogP contribution in [-0.4, -0.2) is 69.9 Å². The van der Waals surface area contributed by atoms with Crippen LogP contribution in [0.15, 0.2) is 29.3 Å². The summed E-state index contributed by atoms with van der Waals surface area (Å²) in [5, 5.41) is 3.46. The van der Waals surface area contributed by atoms with Crippen molar-refractivity contribution in [3.8, 4) is 5.75 Å². The minimum absolute atomic E-state index is 0. The summed E-state index contributed by atoms with van der Waals surface area (Å²) >= 11 is 0. The summed E-state index contributed by atoms with van der Waals surface area (Å²) in [5.74, 6) is 1.74. The quantitative estimate of drug-likeness (QED) is 0.238. The number of esters is 1. The lowest BCUT2D eigenvalue weighted by Crippen LogP contribution is -2.47. The molecule has 7 nitrogen and oxygen atoms in total. The van der Waals surface area contributed by atoms with E-state index >= 15 is 0 Å². The second-order valence-corrected chi connectivity index (χ2v) is 8.30. The van der Waals surface area contributed by atoms with Crippen LogP contribution in [0.4, 0.5) is 0 Å². The van der Waals surface area contributed by atoms with Gasteiger partial charge in [0, 0.05) is 38.3 Å². The minimum Gasteiger partial charge on any atom is -0.497 e. The van der Waals surface area contributed by atoms with Gasteiger partial charge >= 0.3 is 5.97 Å². The molecule has 0 unspecified atom stereocenters. The number of ether oxygens (including phenoxy) is 3. The van der Waals surface area contributed by atoms with E-state index < -0.39 is 0 Å². The molecule has 3 rings (SSSR count). The molecule has 0 radical (unpaired) electrons. The monoisotopic (exact) mass is 559 g/mol. The summed E-state index contributed by atoms with van der Waals surface area (Å²) in [6.45, 7) is 9.05. The maximum atomic E-state index is 12.1. The predicted octanol–water partition coefficient (Wildman–Crippen LogP) is 3.60. The number of guanidine groups is 1. The van der Waals surface area contributed by atoms with Crippen LogP contribution in [0.2, 0.25) is 0 Å². The minimum atomic E-state index is -0.0650. The third kappa shape index (κ3) is 6.73. The van der Waals surface area contributed by atoms with Crippen molar-refractivity contribution >= 4 is 35.9 Å². The van der Waals surface area contributed by atoms with E-state index in [1.54, 1.807) is 7.11 Å². The second kappa shape index (κ2) is 13.2. The Kier molecular flexibility index (Phi) is 11.0. The molecule has 0 aliphatic carbocycles. The zero-order valence-electron chi connectivity index (χ0n) is 19.6. The lowest BCUT2D eigenvalue weighted by atomic mass is 9.74. The van der Waals surface area contributed by atoms with Gasteiger partial charge in [0.25, 0.3) is 0 Å². The molecule has 1 N–H and O–H groups in total. The number of hydrogen-bond acceptors (Lipinski definition) is 5. The summed E-state index contributed by atoms with van der Waals surface area (Å²) in [6, 6.07) is 8.39. The first-order chi connectivity index (χ1) is 15.1. The van der Waals surface area contributed by atoms with Crippen LogP contribution in [0.5, 0.6) is 5.75 Å². The predicted molar refractivity (Wildman–Crippen MR) is 137 cm³/mol. The van der Waals surface area contributed by atoms with Gasteiger partial charge in [0.1, 0.15) is 5.75 Å². The molecule has 1 aromatic carbocycles. The molecule has 180 valence electrons. The number of carbonyl (C=O) groups is 1. The highest BCUT2D eigenvalue weighted by Gasteiger charge is 2.35. The Bertz CT molecular complexity index is 727. The van der Waals surface area contributed by atoms with Crippen LogP contribution in [-0.2, 0) is 19.7 Å². The highest BCUT2D eigenvalue weighted by Crippen LogP contribution is 2.36. The SMILES string of the molecule is CCNC(=NCC1(c2ccc(OC)cc2)CCOCC1)N1CCC(C(=O)OCC)CC1.I. The topological polar surface area (TPSA) is 72.4 Å². The maximum Gasteiger partial charge on any atom is 0.309 e. The molecule has 32 heavy (non-hydrogen) atoms. The molecule has 0 saturated carbocycles. The standard InChI is InChI=1S/C24H37N3O4.HI/c1-4-25-23(27-14-10-19(11-15-27)22(28)31-5-2)26-18-24(12-16-30-17-13-24)20-6-8-21(29-3)9-7-20;/h6-9,19H,4-5,10-18H2,1-3H3,(H,25,26);1H. The highest BCUT2D eigenvalue weighted by molar-refractivity contribution is 14.0. The summed E-state index contributed by atoms with van der Waals surface area (Å²) in [5.41, 5.74) is 1.26. The largest absolute Gasteiger partial charge is 0.497 e. The Hall–Kier alpha value is -1.55. The number of benzene rings is 1. The third-order valence-corrected chi connectivity index (χ3v) is 6.43. The van der Waals surface area contributed by atoms with Crippen molar-refractivity contribution in [2.45, 2.75) is 44.9 Å². The Morgan fingerprint density at radius 3 is 2.41 bits per heavy atom. The summed E-state index contributed by atoms with van der Waals surface area (Å²) in [6.07, 6.45) is 3.52. The van der Waals surface area contributed by atoms with E-state index in [9.17, 15) is 4.79 Å². The number of piperidine rings is 1. The molecule has 0 bridgehead atoms. The van der Waals surface area contributed by atoms with Crippen molar-refractivity contribution in [1.29, 1.82) is 0 Å². The molecule has 0 amide bonds. The van der Waals surface area contributed by atoms with Crippen molar-refractivity contribution in [1.82, 2.24) is 10.2 Å². The molecule has 0 aromatic heterocycles.